The van der Waals surface area contributed by atoms with Crippen LogP contribution in [0.5, 0.6) is 0 Å². The molecule has 1 aromatic heterocycles. The molecular formula is C9H11NO. The van der Waals surface area contributed by atoms with Crippen molar-refractivity contribution in [1.82, 2.24) is 4.98 Å². The summed E-state index contributed by atoms with van der Waals surface area (Å²) in [5, 5.41) is 0. The first-order valence-corrected chi connectivity index (χ1v) is 3.64. The molecule has 0 saturated carbocycles. The minimum atomic E-state index is 0.365. The van der Waals surface area contributed by atoms with Gasteiger partial charge in [-0.3, -0.25) is 9.78 Å². The van der Waals surface area contributed by atoms with E-state index in [1.807, 2.05) is 13.8 Å². The van der Waals surface area contributed by atoms with Gasteiger partial charge in [0, 0.05) is 18.0 Å². The molecule has 0 aliphatic carbocycles. The molecule has 11 heavy (non-hydrogen) atoms. The van der Waals surface area contributed by atoms with Crippen LogP contribution in [-0.2, 0) is 0 Å². The fourth-order valence-corrected chi connectivity index (χ4v) is 1.01. The van der Waals surface area contributed by atoms with Gasteiger partial charge in [0.15, 0.2) is 0 Å². The molecule has 1 aromatic rings. The summed E-state index contributed by atoms with van der Waals surface area (Å²) < 4.78 is 0. The Hall–Kier alpha value is -1.18. The van der Waals surface area contributed by atoms with E-state index >= 15 is 0 Å². The third-order valence-electron chi connectivity index (χ3n) is 1.64. The molecule has 0 atom stereocenters. The van der Waals surface area contributed by atoms with Crippen LogP contribution in [0.4, 0.5) is 0 Å². The maximum atomic E-state index is 10.5. The van der Waals surface area contributed by atoms with E-state index in [2.05, 4.69) is 4.98 Å². The SMILES string of the molecule is CC(C)c1cnccc1C=O. The second-order valence-electron chi connectivity index (χ2n) is 2.78. The highest BCUT2D eigenvalue weighted by molar-refractivity contribution is 5.77. The van der Waals surface area contributed by atoms with Crippen molar-refractivity contribution in [3.8, 4) is 0 Å². The molecule has 0 saturated heterocycles. The van der Waals surface area contributed by atoms with Crippen molar-refractivity contribution in [2.45, 2.75) is 19.8 Å². The smallest absolute Gasteiger partial charge is 0.150 e. The highest BCUT2D eigenvalue weighted by atomic mass is 16.1. The molecular weight excluding hydrogens is 138 g/mol. The maximum Gasteiger partial charge on any atom is 0.150 e. The largest absolute Gasteiger partial charge is 0.298 e. The number of pyridine rings is 1. The molecule has 0 aliphatic heterocycles. The lowest BCUT2D eigenvalue weighted by Crippen LogP contribution is -1.95. The highest BCUT2D eigenvalue weighted by Crippen LogP contribution is 2.15. The molecule has 0 aromatic carbocycles. The van der Waals surface area contributed by atoms with Crippen molar-refractivity contribution in [1.29, 1.82) is 0 Å². The Kier molecular flexibility index (Phi) is 2.36. The van der Waals surface area contributed by atoms with Gasteiger partial charge in [0.25, 0.3) is 0 Å². The van der Waals surface area contributed by atoms with E-state index in [1.54, 1.807) is 18.5 Å². The van der Waals surface area contributed by atoms with Crippen LogP contribution in [0.2, 0.25) is 0 Å². The average Bonchev–Trinajstić information content (AvgIpc) is 2.04. The molecule has 58 valence electrons. The number of aldehydes is 1. The quantitative estimate of drug-likeness (QED) is 0.602. The van der Waals surface area contributed by atoms with Crippen molar-refractivity contribution in [3.63, 3.8) is 0 Å². The number of nitrogens with zero attached hydrogens (tertiary/aromatic N) is 1. The highest BCUT2D eigenvalue weighted by Gasteiger charge is 2.03. The van der Waals surface area contributed by atoms with Gasteiger partial charge in [0.05, 0.1) is 0 Å². The summed E-state index contributed by atoms with van der Waals surface area (Å²) in [7, 11) is 0. The van der Waals surface area contributed by atoms with E-state index in [4.69, 9.17) is 0 Å². The Morgan fingerprint density at radius 2 is 2.27 bits per heavy atom. The first kappa shape index (κ1) is 7.92. The van der Waals surface area contributed by atoms with E-state index in [-0.39, 0.29) is 0 Å². The van der Waals surface area contributed by atoms with E-state index < -0.39 is 0 Å². The van der Waals surface area contributed by atoms with E-state index in [0.29, 0.717) is 5.92 Å². The third-order valence-corrected chi connectivity index (χ3v) is 1.64. The van der Waals surface area contributed by atoms with Gasteiger partial charge >= 0.3 is 0 Å². The zero-order valence-electron chi connectivity index (χ0n) is 6.74. The molecule has 2 heteroatoms. The fourth-order valence-electron chi connectivity index (χ4n) is 1.01. The van der Waals surface area contributed by atoms with Gasteiger partial charge < -0.3 is 0 Å². The standard InChI is InChI=1S/C9H11NO/c1-7(2)9-5-10-4-3-8(9)6-11/h3-7H,1-2H3. The Bertz CT molecular complexity index is 255. The van der Waals surface area contributed by atoms with E-state index in [0.717, 1.165) is 17.4 Å². The molecule has 1 rings (SSSR count). The van der Waals surface area contributed by atoms with Crippen LogP contribution in [0.15, 0.2) is 18.5 Å². The van der Waals surface area contributed by atoms with Crippen LogP contribution in [0.3, 0.4) is 0 Å². The summed E-state index contributed by atoms with van der Waals surface area (Å²) in [4.78, 5) is 14.5. The van der Waals surface area contributed by atoms with Gasteiger partial charge in [0.1, 0.15) is 6.29 Å². The molecule has 0 N–H and O–H groups in total. The lowest BCUT2D eigenvalue weighted by atomic mass is 10.0. The van der Waals surface area contributed by atoms with E-state index in [9.17, 15) is 4.79 Å². The van der Waals surface area contributed by atoms with Gasteiger partial charge in [-0.1, -0.05) is 13.8 Å². The summed E-state index contributed by atoms with van der Waals surface area (Å²) in [6, 6.07) is 1.74. The first-order valence-electron chi connectivity index (χ1n) is 3.64. The number of hydrogen-bond acceptors (Lipinski definition) is 2. The first-order chi connectivity index (χ1) is 5.25. The summed E-state index contributed by atoms with van der Waals surface area (Å²) in [5.41, 5.74) is 1.76. The third kappa shape index (κ3) is 1.64. The Labute approximate surface area is 66.3 Å². The topological polar surface area (TPSA) is 30.0 Å². The summed E-state index contributed by atoms with van der Waals surface area (Å²) in [6.45, 7) is 4.09. The van der Waals surface area contributed by atoms with Crippen LogP contribution >= 0.6 is 0 Å². The molecule has 0 amide bonds. The van der Waals surface area contributed by atoms with Gasteiger partial charge in [0.2, 0.25) is 0 Å². The Morgan fingerprint density at radius 3 is 2.73 bits per heavy atom. The zero-order chi connectivity index (χ0) is 8.27. The molecule has 0 unspecified atom stereocenters. The molecule has 0 fully saturated rings. The zero-order valence-corrected chi connectivity index (χ0v) is 6.74. The van der Waals surface area contributed by atoms with Crippen molar-refractivity contribution in [3.05, 3.63) is 29.6 Å². The van der Waals surface area contributed by atoms with Crippen LogP contribution in [0, 0.1) is 0 Å². The summed E-state index contributed by atoms with van der Waals surface area (Å²) >= 11 is 0. The second-order valence-corrected chi connectivity index (χ2v) is 2.78. The van der Waals surface area contributed by atoms with Gasteiger partial charge in [-0.15, -0.1) is 0 Å². The number of carbonyl (C=O) groups excluding carboxylic acids is 1. The Balaban J connectivity index is 3.12. The number of aromatic nitrogens is 1. The minimum Gasteiger partial charge on any atom is -0.298 e. The fraction of sp³-hybridized carbons (Fsp3) is 0.333. The Morgan fingerprint density at radius 1 is 1.55 bits per heavy atom. The number of hydrogen-bond donors (Lipinski definition) is 0. The van der Waals surface area contributed by atoms with Gasteiger partial charge in [-0.2, -0.15) is 0 Å². The van der Waals surface area contributed by atoms with Crippen molar-refractivity contribution >= 4 is 6.29 Å². The molecule has 0 radical (unpaired) electrons. The lowest BCUT2D eigenvalue weighted by molar-refractivity contribution is 0.112. The molecule has 0 aliphatic rings. The average molecular weight is 149 g/mol. The minimum absolute atomic E-state index is 0.365. The molecule has 2 nitrogen and oxygen atoms in total. The van der Waals surface area contributed by atoms with E-state index in [1.165, 1.54) is 0 Å². The van der Waals surface area contributed by atoms with Crippen molar-refractivity contribution in [2.75, 3.05) is 0 Å². The normalized spacial score (nSPS) is 10.1. The maximum absolute atomic E-state index is 10.5. The van der Waals surface area contributed by atoms with Crippen molar-refractivity contribution < 1.29 is 4.79 Å². The summed E-state index contributed by atoms with van der Waals surface area (Å²) in [5.74, 6) is 0.365. The summed E-state index contributed by atoms with van der Waals surface area (Å²) in [6.07, 6.45) is 4.25. The predicted molar refractivity (Wildman–Crippen MR) is 43.7 cm³/mol. The van der Waals surface area contributed by atoms with Crippen LogP contribution in [-0.4, -0.2) is 11.3 Å². The van der Waals surface area contributed by atoms with Crippen LogP contribution < -0.4 is 0 Å². The second kappa shape index (κ2) is 3.28. The van der Waals surface area contributed by atoms with Crippen LogP contribution in [0.25, 0.3) is 0 Å². The number of rotatable bonds is 2. The predicted octanol–water partition coefficient (Wildman–Crippen LogP) is 2.02. The lowest BCUT2D eigenvalue weighted by Gasteiger charge is -2.05. The number of carbonyl (C=O) groups is 1. The van der Waals surface area contributed by atoms with Crippen LogP contribution in [0.1, 0.15) is 35.7 Å². The van der Waals surface area contributed by atoms with Gasteiger partial charge in [-0.25, -0.2) is 0 Å². The molecule has 1 heterocycles. The monoisotopic (exact) mass is 149 g/mol. The van der Waals surface area contributed by atoms with Gasteiger partial charge in [-0.05, 0) is 17.5 Å². The molecule has 0 spiro atoms. The van der Waals surface area contributed by atoms with Crippen molar-refractivity contribution in [2.24, 2.45) is 0 Å². The molecule has 0 bridgehead atoms.